The molecule has 1 aromatic rings. The molecule has 0 aromatic heterocycles. The van der Waals surface area contributed by atoms with Crippen molar-refractivity contribution in [1.82, 2.24) is 4.90 Å². The van der Waals surface area contributed by atoms with Crippen molar-refractivity contribution >= 4 is 47.0 Å². The van der Waals surface area contributed by atoms with Crippen molar-refractivity contribution in [2.45, 2.75) is 65.3 Å². The predicted molar refractivity (Wildman–Crippen MR) is 147 cm³/mol. The summed E-state index contributed by atoms with van der Waals surface area (Å²) in [5.74, 6) is -2.52. The molecule has 8 nitrogen and oxygen atoms in total. The summed E-state index contributed by atoms with van der Waals surface area (Å²) in [7, 11) is 0.0705. The maximum atomic E-state index is 13.3. The van der Waals surface area contributed by atoms with Crippen LogP contribution in [-0.2, 0) is 19.0 Å². The van der Waals surface area contributed by atoms with Gasteiger partial charge in [0.1, 0.15) is 5.75 Å². The topological polar surface area (TPSA) is 113 Å². The highest BCUT2D eigenvalue weighted by molar-refractivity contribution is 9.10. The van der Waals surface area contributed by atoms with E-state index in [4.69, 9.17) is 9.39 Å². The zero-order valence-corrected chi connectivity index (χ0v) is 23.9. The number of amides is 3. The van der Waals surface area contributed by atoms with Crippen LogP contribution in [0.4, 0.5) is 4.79 Å². The van der Waals surface area contributed by atoms with E-state index in [0.29, 0.717) is 24.2 Å². The Hall–Kier alpha value is -2.43. The van der Waals surface area contributed by atoms with Crippen LogP contribution >= 0.6 is 15.9 Å². The van der Waals surface area contributed by atoms with E-state index in [1.165, 1.54) is 0 Å². The van der Waals surface area contributed by atoms with Crippen molar-refractivity contribution in [3.05, 3.63) is 45.0 Å². The Morgan fingerprint density at radius 3 is 2.66 bits per heavy atom. The van der Waals surface area contributed by atoms with Crippen molar-refractivity contribution in [2.24, 2.45) is 23.7 Å². The van der Waals surface area contributed by atoms with Crippen molar-refractivity contribution < 1.29 is 33.9 Å². The number of halogens is 1. The SMILES string of the molecule is CCC/C(=C\c1cc(Br)ccc1O)CC[C@H]1OB(O)C[C@H]2C1=C(C(C)C)C[C@H]1C(=O)N(C(=O)OC)C(=O)[C@H]12. The van der Waals surface area contributed by atoms with Crippen LogP contribution in [0.3, 0.4) is 0 Å². The molecular formula is C28H35BBrNO7. The van der Waals surface area contributed by atoms with Gasteiger partial charge >= 0.3 is 13.2 Å². The third-order valence-electron chi connectivity index (χ3n) is 7.95. The Bertz CT molecular complexity index is 1180. The molecular weight excluding hydrogens is 553 g/mol. The van der Waals surface area contributed by atoms with Crippen molar-refractivity contribution in [1.29, 1.82) is 0 Å². The molecule has 0 bridgehead atoms. The number of nitrogens with zero attached hydrogens (tertiary/aromatic N) is 1. The number of fused-ring (bicyclic) bond motifs is 3. The summed E-state index contributed by atoms with van der Waals surface area (Å²) in [6.45, 7) is 6.21. The lowest BCUT2D eigenvalue weighted by Gasteiger charge is -2.44. The van der Waals surface area contributed by atoms with E-state index in [2.05, 4.69) is 36.7 Å². The second kappa shape index (κ2) is 11.8. The highest BCUT2D eigenvalue weighted by Gasteiger charge is 2.59. The normalized spacial score (nSPS) is 25.7. The van der Waals surface area contributed by atoms with E-state index in [1.807, 2.05) is 12.1 Å². The minimum Gasteiger partial charge on any atom is -0.507 e. The number of hydrogen-bond acceptors (Lipinski definition) is 7. The highest BCUT2D eigenvalue weighted by atomic mass is 79.9. The number of benzene rings is 1. The molecule has 1 aliphatic carbocycles. The first-order chi connectivity index (χ1) is 18.1. The van der Waals surface area contributed by atoms with Crippen LogP contribution in [0.1, 0.15) is 58.4 Å². The largest absolute Gasteiger partial charge is 0.507 e. The molecule has 3 aliphatic rings. The monoisotopic (exact) mass is 587 g/mol. The van der Waals surface area contributed by atoms with E-state index >= 15 is 0 Å². The van der Waals surface area contributed by atoms with Gasteiger partial charge in [-0.3, -0.25) is 9.59 Å². The molecule has 38 heavy (non-hydrogen) atoms. The van der Waals surface area contributed by atoms with E-state index in [-0.39, 0.29) is 18.0 Å². The average Bonchev–Trinajstić information content (AvgIpc) is 3.13. The van der Waals surface area contributed by atoms with Crippen molar-refractivity contribution in [3.8, 4) is 5.75 Å². The quantitative estimate of drug-likeness (QED) is 0.251. The Labute approximate surface area is 232 Å². The van der Waals surface area contributed by atoms with E-state index in [9.17, 15) is 24.5 Å². The molecule has 0 radical (unpaired) electrons. The lowest BCUT2D eigenvalue weighted by Crippen LogP contribution is -2.46. The molecule has 0 saturated carbocycles. The van der Waals surface area contributed by atoms with Gasteiger partial charge in [0.15, 0.2) is 0 Å². The molecule has 4 atom stereocenters. The van der Waals surface area contributed by atoms with E-state index in [1.54, 1.807) is 12.1 Å². The molecule has 4 rings (SSSR count). The Morgan fingerprint density at radius 2 is 2.00 bits per heavy atom. The minimum absolute atomic E-state index is 0.106. The maximum absolute atomic E-state index is 13.3. The maximum Gasteiger partial charge on any atom is 0.455 e. The number of phenols is 1. The Kier molecular flexibility index (Phi) is 8.84. The summed E-state index contributed by atoms with van der Waals surface area (Å²) in [6, 6.07) is 5.31. The van der Waals surface area contributed by atoms with Crippen LogP contribution in [-0.4, -0.2) is 53.3 Å². The number of methoxy groups -OCH3 is 1. The predicted octanol–water partition coefficient (Wildman–Crippen LogP) is 5.34. The fraction of sp³-hybridized carbons (Fsp3) is 0.536. The number of allylic oxidation sites excluding steroid dienone is 2. The molecule has 2 fully saturated rings. The summed E-state index contributed by atoms with van der Waals surface area (Å²) in [6.07, 6.45) is 4.22. The van der Waals surface area contributed by atoms with Gasteiger partial charge in [-0.1, -0.05) is 60.3 Å². The van der Waals surface area contributed by atoms with E-state index in [0.717, 1.165) is 46.7 Å². The summed E-state index contributed by atoms with van der Waals surface area (Å²) >= 11 is 3.46. The molecule has 2 N–H and O–H groups in total. The van der Waals surface area contributed by atoms with Crippen LogP contribution in [0.5, 0.6) is 5.75 Å². The number of carbonyl (C=O) groups is 3. The first-order valence-corrected chi connectivity index (χ1v) is 14.1. The fourth-order valence-corrected chi connectivity index (χ4v) is 6.67. The van der Waals surface area contributed by atoms with Crippen LogP contribution in [0.2, 0.25) is 6.32 Å². The van der Waals surface area contributed by atoms with Gasteiger partial charge in [0, 0.05) is 10.0 Å². The number of ether oxygens (including phenoxy) is 1. The van der Waals surface area contributed by atoms with Gasteiger partial charge in [-0.25, -0.2) is 4.79 Å². The standard InChI is InChI=1S/C28H35BBrNO7/c1-5-6-16(11-17-12-18(30)8-9-22(17)32)7-10-23-24-19(15(2)3)13-20-25(21(24)14-29(36)38-23)27(34)31(26(20)33)28(35)37-4/h8-9,11-12,15,20-21,23,25,32,36H,5-7,10,13-14H2,1-4H3/b16-11+/t20-,21+,23-,25-/m1/s1. The molecule has 0 unspecified atom stereocenters. The van der Waals surface area contributed by atoms with Crippen LogP contribution in [0.25, 0.3) is 6.08 Å². The lowest BCUT2D eigenvalue weighted by molar-refractivity contribution is -0.137. The van der Waals surface area contributed by atoms with Gasteiger partial charge in [0.05, 0.1) is 25.0 Å². The molecule has 3 amide bonds. The second-order valence-corrected chi connectivity index (χ2v) is 11.6. The Morgan fingerprint density at radius 1 is 1.26 bits per heavy atom. The van der Waals surface area contributed by atoms with Crippen LogP contribution < -0.4 is 0 Å². The smallest absolute Gasteiger partial charge is 0.455 e. The number of carbonyl (C=O) groups excluding carboxylic acids is 3. The van der Waals surface area contributed by atoms with Gasteiger partial charge in [-0.2, -0.15) is 4.90 Å². The summed E-state index contributed by atoms with van der Waals surface area (Å²) in [5, 5.41) is 21.0. The number of likely N-dealkylation sites (tertiary alicyclic amines) is 1. The number of rotatable bonds is 7. The van der Waals surface area contributed by atoms with Gasteiger partial charge in [-0.05, 0) is 67.6 Å². The molecule has 10 heteroatoms. The lowest BCUT2D eigenvalue weighted by atomic mass is 9.57. The van der Waals surface area contributed by atoms with Gasteiger partial charge in [0.25, 0.3) is 0 Å². The van der Waals surface area contributed by atoms with Crippen LogP contribution in [0.15, 0.2) is 39.4 Å². The minimum atomic E-state index is -1.08. The Balaban J connectivity index is 1.66. The highest BCUT2D eigenvalue weighted by Crippen LogP contribution is 2.52. The molecule has 0 spiro atoms. The fourth-order valence-electron chi connectivity index (χ4n) is 6.29. The number of aromatic hydroxyl groups is 1. The van der Waals surface area contributed by atoms with Gasteiger partial charge < -0.3 is 19.5 Å². The summed E-state index contributed by atoms with van der Waals surface area (Å²) in [4.78, 5) is 39.4. The van der Waals surface area contributed by atoms with Crippen LogP contribution in [0, 0.1) is 23.7 Å². The summed E-state index contributed by atoms with van der Waals surface area (Å²) < 4.78 is 11.7. The van der Waals surface area contributed by atoms with Gasteiger partial charge in [0.2, 0.25) is 11.8 Å². The molecule has 1 aromatic carbocycles. The van der Waals surface area contributed by atoms with Crippen molar-refractivity contribution in [3.63, 3.8) is 0 Å². The zero-order chi connectivity index (χ0) is 27.7. The first kappa shape index (κ1) is 28.6. The molecule has 204 valence electrons. The third-order valence-corrected chi connectivity index (χ3v) is 8.44. The second-order valence-electron chi connectivity index (χ2n) is 10.7. The first-order valence-electron chi connectivity index (χ1n) is 13.3. The third kappa shape index (κ3) is 5.49. The number of hydrogen-bond donors (Lipinski definition) is 2. The number of imide groups is 3. The van der Waals surface area contributed by atoms with E-state index < -0.39 is 48.9 Å². The zero-order valence-electron chi connectivity index (χ0n) is 22.3. The average molecular weight is 588 g/mol. The van der Waals surface area contributed by atoms with Gasteiger partial charge in [-0.15, -0.1) is 0 Å². The molecule has 2 heterocycles. The van der Waals surface area contributed by atoms with Crippen molar-refractivity contribution in [2.75, 3.05) is 7.11 Å². The number of phenolic OH excluding ortho intramolecular Hbond substituents is 1. The molecule has 2 aliphatic heterocycles. The summed E-state index contributed by atoms with van der Waals surface area (Å²) in [5.41, 5.74) is 3.92. The molecule has 2 saturated heterocycles.